The van der Waals surface area contributed by atoms with E-state index in [9.17, 15) is 10.2 Å². The molecule has 34 heavy (non-hydrogen) atoms. The highest BCUT2D eigenvalue weighted by Gasteiger charge is 2.59. The fourth-order valence-electron chi connectivity index (χ4n) is 9.97. The van der Waals surface area contributed by atoms with Crippen LogP contribution in [0.5, 0.6) is 0 Å². The summed E-state index contributed by atoms with van der Waals surface area (Å²) in [7, 11) is 0. The molecule has 2 saturated heterocycles. The summed E-state index contributed by atoms with van der Waals surface area (Å²) < 4.78 is 7.13. The van der Waals surface area contributed by atoms with Crippen LogP contribution in [0.2, 0.25) is 0 Å². The molecular formula is C30H47NO3. The first-order chi connectivity index (χ1) is 16.3. The second-order valence-corrected chi connectivity index (χ2v) is 13.4. The lowest BCUT2D eigenvalue weighted by atomic mass is 9.56. The lowest BCUT2D eigenvalue weighted by Crippen LogP contribution is -2.52. The molecule has 10 unspecified atom stereocenters. The Labute approximate surface area is 206 Å². The zero-order valence-electron chi connectivity index (χ0n) is 21.9. The fraction of sp³-hybridized carbons (Fsp3) is 0.867. The number of β-amino-alcohol motifs (C(OH)–C–C–N with tert-alkyl or cyclic N) is 1. The van der Waals surface area contributed by atoms with Crippen molar-refractivity contribution in [3.8, 4) is 0 Å². The number of allylic oxidation sites excluding steroid dienone is 2. The van der Waals surface area contributed by atoms with E-state index in [1.54, 1.807) is 16.7 Å². The molecule has 4 fully saturated rings. The Morgan fingerprint density at radius 3 is 2.79 bits per heavy atom. The van der Waals surface area contributed by atoms with Gasteiger partial charge in [-0.1, -0.05) is 43.6 Å². The fourth-order valence-corrected chi connectivity index (χ4v) is 9.97. The molecule has 2 N–H and O–H groups in total. The summed E-state index contributed by atoms with van der Waals surface area (Å²) in [5.74, 6) is 3.40. The predicted molar refractivity (Wildman–Crippen MR) is 135 cm³/mol. The Morgan fingerprint density at radius 1 is 1.18 bits per heavy atom. The van der Waals surface area contributed by atoms with E-state index < -0.39 is 0 Å². The van der Waals surface area contributed by atoms with Crippen molar-refractivity contribution in [2.75, 3.05) is 19.7 Å². The number of aliphatic hydroxyl groups is 2. The maximum Gasteiger partial charge on any atom is 0.0765 e. The van der Waals surface area contributed by atoms with Gasteiger partial charge in [0.25, 0.3) is 0 Å². The van der Waals surface area contributed by atoms with Gasteiger partial charge in [0.05, 0.1) is 24.4 Å². The average molecular weight is 470 g/mol. The number of likely N-dealkylation sites (tertiary alicyclic amines) is 1. The Balaban J connectivity index is 1.27. The molecule has 0 aromatic rings. The lowest BCUT2D eigenvalue weighted by Gasteiger charge is -2.49. The first-order valence-corrected chi connectivity index (χ1v) is 14.3. The molecule has 190 valence electrons. The van der Waals surface area contributed by atoms with Gasteiger partial charge in [-0.2, -0.15) is 0 Å². The van der Waals surface area contributed by atoms with Gasteiger partial charge in [-0.3, -0.25) is 4.90 Å². The van der Waals surface area contributed by atoms with E-state index in [0.717, 1.165) is 56.5 Å². The summed E-state index contributed by atoms with van der Waals surface area (Å²) in [6, 6.07) is 0.458. The minimum Gasteiger partial charge on any atom is -0.395 e. The molecule has 4 nitrogen and oxygen atoms in total. The lowest BCUT2D eigenvalue weighted by molar-refractivity contribution is -0.0798. The molecule has 2 aliphatic heterocycles. The van der Waals surface area contributed by atoms with Gasteiger partial charge in [0.15, 0.2) is 0 Å². The zero-order chi connectivity index (χ0) is 23.8. The molecule has 0 amide bonds. The molecular weight excluding hydrogens is 422 g/mol. The van der Waals surface area contributed by atoms with Gasteiger partial charge in [-0.25, -0.2) is 0 Å². The molecule has 6 aliphatic rings. The Kier molecular flexibility index (Phi) is 5.88. The number of aliphatic hydroxyl groups excluding tert-OH is 2. The van der Waals surface area contributed by atoms with Crippen molar-refractivity contribution < 1.29 is 14.9 Å². The Morgan fingerprint density at radius 2 is 2.00 bits per heavy atom. The highest BCUT2D eigenvalue weighted by Crippen LogP contribution is 2.63. The standard InChI is InChI=1S/C30H47NO3/c1-18-13-27-28(31(17-18)11-12-32)20(3)30(34-27)10-8-23-24-6-5-21-14-22(33)7-9-29(21,4)26(24)15-25(23)19(2)16-30/h5,18,20,22-24,26-28,32-33H,6-17H2,1-4H3. The van der Waals surface area contributed by atoms with Crippen LogP contribution >= 0.6 is 0 Å². The predicted octanol–water partition coefficient (Wildman–Crippen LogP) is 5.10. The molecule has 4 aliphatic carbocycles. The number of hydrogen-bond donors (Lipinski definition) is 2. The van der Waals surface area contributed by atoms with Gasteiger partial charge in [0.1, 0.15) is 0 Å². The van der Waals surface area contributed by atoms with Crippen LogP contribution < -0.4 is 0 Å². The Bertz CT molecular complexity index is 880. The first-order valence-electron chi connectivity index (χ1n) is 14.3. The van der Waals surface area contributed by atoms with E-state index in [2.05, 4.69) is 38.7 Å². The molecule has 2 heterocycles. The largest absolute Gasteiger partial charge is 0.395 e. The summed E-state index contributed by atoms with van der Waals surface area (Å²) >= 11 is 0. The van der Waals surface area contributed by atoms with Crippen LogP contribution in [0.3, 0.4) is 0 Å². The molecule has 0 aromatic carbocycles. The van der Waals surface area contributed by atoms with Crippen molar-refractivity contribution in [2.45, 2.75) is 109 Å². The zero-order valence-corrected chi connectivity index (χ0v) is 21.9. The van der Waals surface area contributed by atoms with Gasteiger partial charge in [0.2, 0.25) is 0 Å². The second kappa shape index (κ2) is 8.43. The molecule has 0 aromatic heterocycles. The van der Waals surface area contributed by atoms with Crippen LogP contribution in [0.4, 0.5) is 0 Å². The van der Waals surface area contributed by atoms with E-state index in [-0.39, 0.29) is 18.3 Å². The highest BCUT2D eigenvalue weighted by molar-refractivity contribution is 5.34. The first kappa shape index (κ1) is 23.7. The third-order valence-electron chi connectivity index (χ3n) is 11.7. The summed E-state index contributed by atoms with van der Waals surface area (Å²) in [5, 5.41) is 20.0. The maximum atomic E-state index is 10.3. The minimum atomic E-state index is -0.124. The molecule has 10 atom stereocenters. The molecule has 4 heteroatoms. The van der Waals surface area contributed by atoms with E-state index >= 15 is 0 Å². The van der Waals surface area contributed by atoms with Crippen molar-refractivity contribution >= 4 is 0 Å². The number of ether oxygens (including phenoxy) is 1. The summed E-state index contributed by atoms with van der Waals surface area (Å²) in [6.07, 6.45) is 13.0. The molecule has 6 rings (SSSR count). The van der Waals surface area contributed by atoms with Crippen molar-refractivity contribution in [1.82, 2.24) is 4.90 Å². The van der Waals surface area contributed by atoms with Gasteiger partial charge < -0.3 is 14.9 Å². The van der Waals surface area contributed by atoms with Gasteiger partial charge in [-0.05, 0) is 93.8 Å². The average Bonchev–Trinajstić information content (AvgIpc) is 3.25. The number of piperidine rings is 1. The topological polar surface area (TPSA) is 52.9 Å². The smallest absolute Gasteiger partial charge is 0.0765 e. The molecule has 0 bridgehead atoms. The third kappa shape index (κ3) is 3.45. The van der Waals surface area contributed by atoms with Crippen molar-refractivity contribution in [3.05, 3.63) is 22.8 Å². The van der Waals surface area contributed by atoms with E-state index in [1.807, 2.05) is 0 Å². The van der Waals surface area contributed by atoms with Crippen LogP contribution in [0.25, 0.3) is 0 Å². The summed E-state index contributed by atoms with van der Waals surface area (Å²) in [4.78, 5) is 2.55. The molecule has 0 radical (unpaired) electrons. The van der Waals surface area contributed by atoms with Crippen LogP contribution in [0, 0.1) is 35.0 Å². The van der Waals surface area contributed by atoms with Crippen molar-refractivity contribution in [2.24, 2.45) is 35.0 Å². The van der Waals surface area contributed by atoms with Crippen LogP contribution in [0.1, 0.15) is 85.5 Å². The number of rotatable bonds is 2. The summed E-state index contributed by atoms with van der Waals surface area (Å²) in [6.45, 7) is 11.9. The van der Waals surface area contributed by atoms with Crippen LogP contribution in [-0.2, 0) is 4.74 Å². The van der Waals surface area contributed by atoms with E-state index in [4.69, 9.17) is 4.74 Å². The quantitative estimate of drug-likeness (QED) is 0.553. The third-order valence-corrected chi connectivity index (χ3v) is 11.7. The van der Waals surface area contributed by atoms with Gasteiger partial charge in [-0.15, -0.1) is 0 Å². The van der Waals surface area contributed by atoms with E-state index in [1.165, 1.54) is 32.1 Å². The normalized spacial score (nSPS) is 50.9. The number of hydrogen-bond acceptors (Lipinski definition) is 4. The van der Waals surface area contributed by atoms with Crippen LogP contribution in [-0.4, -0.2) is 58.7 Å². The van der Waals surface area contributed by atoms with E-state index in [0.29, 0.717) is 29.4 Å². The SMILES string of the molecule is CC1=C2CC3C(CC=C4CC(O)CCC43C)C2CCC2(C1)OC1CC(C)CN(CCO)C1C2C. The number of fused-ring (bicyclic) bond motifs is 6. The monoisotopic (exact) mass is 469 g/mol. The van der Waals surface area contributed by atoms with Gasteiger partial charge >= 0.3 is 0 Å². The summed E-state index contributed by atoms with van der Waals surface area (Å²) in [5.41, 5.74) is 5.24. The highest BCUT2D eigenvalue weighted by atomic mass is 16.5. The maximum absolute atomic E-state index is 10.3. The minimum absolute atomic E-state index is 0.0292. The number of nitrogens with zero attached hydrogens (tertiary/aromatic N) is 1. The van der Waals surface area contributed by atoms with Crippen molar-refractivity contribution in [3.63, 3.8) is 0 Å². The van der Waals surface area contributed by atoms with Gasteiger partial charge in [0, 0.05) is 25.0 Å². The molecule has 2 saturated carbocycles. The Hall–Kier alpha value is -0.680. The second-order valence-electron chi connectivity index (χ2n) is 13.4. The van der Waals surface area contributed by atoms with Crippen molar-refractivity contribution in [1.29, 1.82) is 0 Å². The van der Waals surface area contributed by atoms with Crippen LogP contribution in [0.15, 0.2) is 22.8 Å². The molecule has 1 spiro atoms.